The molecule has 0 fully saturated rings. The summed E-state index contributed by atoms with van der Waals surface area (Å²) in [4.78, 5) is 3.77. The van der Waals surface area contributed by atoms with Crippen molar-refractivity contribution in [3.63, 3.8) is 0 Å². The Morgan fingerprint density at radius 2 is 2.12 bits per heavy atom. The van der Waals surface area contributed by atoms with E-state index >= 15 is 0 Å². The fourth-order valence-electron chi connectivity index (χ4n) is 3.02. The lowest BCUT2D eigenvalue weighted by Gasteiger charge is -2.24. The molecule has 0 radical (unpaired) electrons. The highest BCUT2D eigenvalue weighted by Crippen LogP contribution is 2.33. The first-order valence-corrected chi connectivity index (χ1v) is 8.97. The number of hydrogen-bond acceptors (Lipinski definition) is 7. The Bertz CT molecular complexity index is 874. The van der Waals surface area contributed by atoms with E-state index < -0.39 is 0 Å². The van der Waals surface area contributed by atoms with Crippen LogP contribution < -0.4 is 9.47 Å². The molecular formula is C18H19N3O3S. The first-order valence-electron chi connectivity index (χ1n) is 8.09. The highest BCUT2D eigenvalue weighted by molar-refractivity contribution is 7.10. The molecule has 0 aliphatic carbocycles. The molecule has 6 nitrogen and oxygen atoms in total. The van der Waals surface area contributed by atoms with Crippen molar-refractivity contribution in [2.45, 2.75) is 19.5 Å². The van der Waals surface area contributed by atoms with Crippen molar-refractivity contribution in [2.75, 3.05) is 20.8 Å². The molecular weight excluding hydrogens is 338 g/mol. The lowest BCUT2D eigenvalue weighted by Crippen LogP contribution is -2.29. The molecule has 1 aliphatic heterocycles. The summed E-state index contributed by atoms with van der Waals surface area (Å²) in [6.07, 6.45) is 1.08. The topological polar surface area (TPSA) is 60.6 Å². The van der Waals surface area contributed by atoms with E-state index in [1.807, 2.05) is 29.5 Å². The number of fused-ring (bicyclic) bond motifs is 1. The molecule has 2 aromatic heterocycles. The maximum Gasteiger partial charge on any atom is 0.251 e. The zero-order valence-corrected chi connectivity index (χ0v) is 15.0. The third kappa shape index (κ3) is 3.25. The molecule has 0 saturated carbocycles. The van der Waals surface area contributed by atoms with E-state index in [0.29, 0.717) is 24.1 Å². The molecule has 4 rings (SSSR count). The summed E-state index contributed by atoms with van der Waals surface area (Å²) in [6.45, 7) is 2.60. The number of aromatic nitrogens is 2. The number of methoxy groups -OCH3 is 2. The zero-order valence-electron chi connectivity index (χ0n) is 14.2. The van der Waals surface area contributed by atoms with Crippen LogP contribution >= 0.6 is 11.3 Å². The lowest BCUT2D eigenvalue weighted by molar-refractivity contribution is 0.224. The summed E-state index contributed by atoms with van der Waals surface area (Å²) in [5.41, 5.74) is 2.23. The maximum absolute atomic E-state index is 5.88. The van der Waals surface area contributed by atoms with E-state index in [1.54, 1.807) is 14.2 Å². The first kappa shape index (κ1) is 16.1. The van der Waals surface area contributed by atoms with Crippen molar-refractivity contribution in [3.05, 3.63) is 46.0 Å². The summed E-state index contributed by atoms with van der Waals surface area (Å²) in [5.74, 6) is 2.45. The lowest BCUT2D eigenvalue weighted by atomic mass is 10.1. The van der Waals surface area contributed by atoms with Crippen LogP contribution in [0.4, 0.5) is 0 Å². The SMILES string of the molecule is COc1ccc(-c2nnc(CN3CCc4ccsc4C3)o2)c(OC)c1. The Balaban J connectivity index is 1.51. The van der Waals surface area contributed by atoms with Gasteiger partial charge in [-0.15, -0.1) is 21.5 Å². The summed E-state index contributed by atoms with van der Waals surface area (Å²) in [6, 6.07) is 7.75. The van der Waals surface area contributed by atoms with Crippen LogP contribution in [-0.4, -0.2) is 35.9 Å². The molecule has 0 atom stereocenters. The van der Waals surface area contributed by atoms with Gasteiger partial charge < -0.3 is 13.9 Å². The molecule has 7 heteroatoms. The monoisotopic (exact) mass is 357 g/mol. The largest absolute Gasteiger partial charge is 0.497 e. The molecule has 3 heterocycles. The summed E-state index contributed by atoms with van der Waals surface area (Å²) in [5, 5.41) is 10.6. The van der Waals surface area contributed by atoms with Gasteiger partial charge in [0.05, 0.1) is 26.3 Å². The summed E-state index contributed by atoms with van der Waals surface area (Å²) in [7, 11) is 3.23. The third-order valence-electron chi connectivity index (χ3n) is 4.37. The second-order valence-electron chi connectivity index (χ2n) is 5.90. The van der Waals surface area contributed by atoms with Gasteiger partial charge >= 0.3 is 0 Å². The van der Waals surface area contributed by atoms with Crippen molar-refractivity contribution in [1.82, 2.24) is 15.1 Å². The van der Waals surface area contributed by atoms with Crippen LogP contribution in [0.3, 0.4) is 0 Å². The minimum atomic E-state index is 0.461. The van der Waals surface area contributed by atoms with Gasteiger partial charge in [0.1, 0.15) is 11.5 Å². The third-order valence-corrected chi connectivity index (χ3v) is 5.32. The van der Waals surface area contributed by atoms with E-state index in [0.717, 1.165) is 30.8 Å². The molecule has 1 aromatic carbocycles. The molecule has 25 heavy (non-hydrogen) atoms. The van der Waals surface area contributed by atoms with E-state index in [9.17, 15) is 0 Å². The van der Waals surface area contributed by atoms with E-state index in [4.69, 9.17) is 13.9 Å². The number of thiophene rings is 1. The fourth-order valence-corrected chi connectivity index (χ4v) is 3.99. The van der Waals surface area contributed by atoms with Crippen molar-refractivity contribution in [3.8, 4) is 23.0 Å². The second-order valence-corrected chi connectivity index (χ2v) is 6.90. The fraction of sp³-hybridized carbons (Fsp3) is 0.333. The number of rotatable bonds is 5. The first-order chi connectivity index (χ1) is 12.3. The minimum absolute atomic E-state index is 0.461. The standard InChI is InChI=1S/C18H19N3O3S/c1-22-13-3-4-14(15(9-13)23-2)18-20-19-17(24-18)11-21-7-5-12-6-8-25-16(12)10-21/h3-4,6,8-9H,5,7,10-11H2,1-2H3. The molecule has 0 unspecified atom stereocenters. The smallest absolute Gasteiger partial charge is 0.251 e. The van der Waals surface area contributed by atoms with Crippen LogP contribution in [0.5, 0.6) is 11.5 Å². The van der Waals surface area contributed by atoms with Gasteiger partial charge in [0, 0.05) is 24.0 Å². The van der Waals surface area contributed by atoms with E-state index in [1.165, 1.54) is 10.4 Å². The van der Waals surface area contributed by atoms with Crippen molar-refractivity contribution in [1.29, 1.82) is 0 Å². The van der Waals surface area contributed by atoms with Gasteiger partial charge in [-0.05, 0) is 35.6 Å². The van der Waals surface area contributed by atoms with E-state index in [2.05, 4.69) is 26.5 Å². The summed E-state index contributed by atoms with van der Waals surface area (Å²) < 4.78 is 16.5. The molecule has 130 valence electrons. The maximum atomic E-state index is 5.88. The van der Waals surface area contributed by atoms with Gasteiger partial charge in [-0.25, -0.2) is 0 Å². The zero-order chi connectivity index (χ0) is 17.2. The van der Waals surface area contributed by atoms with Gasteiger partial charge in [-0.1, -0.05) is 0 Å². The van der Waals surface area contributed by atoms with Crippen LogP contribution in [0.15, 0.2) is 34.1 Å². The van der Waals surface area contributed by atoms with Gasteiger partial charge in [0.25, 0.3) is 5.89 Å². The van der Waals surface area contributed by atoms with Gasteiger partial charge in [0.15, 0.2) is 0 Å². The predicted molar refractivity (Wildman–Crippen MR) is 95.0 cm³/mol. The number of benzene rings is 1. The molecule has 0 spiro atoms. The van der Waals surface area contributed by atoms with Crippen molar-refractivity contribution < 1.29 is 13.9 Å². The highest BCUT2D eigenvalue weighted by Gasteiger charge is 2.20. The average molecular weight is 357 g/mol. The number of hydrogen-bond donors (Lipinski definition) is 0. The molecule has 0 saturated heterocycles. The quantitative estimate of drug-likeness (QED) is 0.698. The molecule has 0 amide bonds. The number of nitrogens with zero attached hydrogens (tertiary/aromatic N) is 3. The van der Waals surface area contributed by atoms with Crippen molar-refractivity contribution >= 4 is 11.3 Å². The van der Waals surface area contributed by atoms with Crippen LogP contribution in [0.1, 0.15) is 16.3 Å². The van der Waals surface area contributed by atoms with Gasteiger partial charge in [-0.2, -0.15) is 0 Å². The Labute approximate surface area is 150 Å². The predicted octanol–water partition coefficient (Wildman–Crippen LogP) is 3.37. The summed E-state index contributed by atoms with van der Waals surface area (Å²) >= 11 is 1.81. The van der Waals surface area contributed by atoms with E-state index in [-0.39, 0.29) is 0 Å². The second kappa shape index (κ2) is 6.85. The minimum Gasteiger partial charge on any atom is -0.497 e. The Morgan fingerprint density at radius 3 is 2.96 bits per heavy atom. The van der Waals surface area contributed by atoms with Crippen LogP contribution in [0, 0.1) is 0 Å². The Kier molecular flexibility index (Phi) is 4.42. The van der Waals surface area contributed by atoms with Crippen LogP contribution in [-0.2, 0) is 19.5 Å². The average Bonchev–Trinajstić information content (AvgIpc) is 3.30. The van der Waals surface area contributed by atoms with Crippen molar-refractivity contribution in [2.24, 2.45) is 0 Å². The molecule has 0 N–H and O–H groups in total. The molecule has 3 aromatic rings. The van der Waals surface area contributed by atoms with Gasteiger partial charge in [0.2, 0.25) is 5.89 Å². The molecule has 1 aliphatic rings. The number of ether oxygens (including phenoxy) is 2. The highest BCUT2D eigenvalue weighted by atomic mass is 32.1. The molecule has 0 bridgehead atoms. The Morgan fingerprint density at radius 1 is 1.20 bits per heavy atom. The van der Waals surface area contributed by atoms with Crippen LogP contribution in [0.2, 0.25) is 0 Å². The van der Waals surface area contributed by atoms with Gasteiger partial charge in [-0.3, -0.25) is 4.90 Å². The normalized spacial score (nSPS) is 14.3. The van der Waals surface area contributed by atoms with Crippen LogP contribution in [0.25, 0.3) is 11.5 Å². The Hall–Kier alpha value is -2.38.